The first-order valence-corrected chi connectivity index (χ1v) is 5.91. The maximum atomic E-state index is 13.1. The largest absolute Gasteiger partial charge is 0.462 e. The number of nitrogens with one attached hydrogen (secondary N) is 2. The normalized spacial score (nSPS) is 12.4. The Bertz CT molecular complexity index is 551. The Hall–Kier alpha value is -2.51. The van der Waals surface area contributed by atoms with Gasteiger partial charge in [0.15, 0.2) is 0 Å². The van der Waals surface area contributed by atoms with E-state index in [0.717, 1.165) is 0 Å². The number of ether oxygens (including phenoxy) is 1. The summed E-state index contributed by atoms with van der Waals surface area (Å²) in [6.07, 6.45) is -4.54. The average Bonchev–Trinajstić information content (AvgIpc) is 2.40. The summed E-state index contributed by atoms with van der Waals surface area (Å²) in [7, 11) is 0. The average molecular weight is 301 g/mol. The number of hydrogen-bond donors (Lipinski definition) is 3. The fraction of sp³-hybridized carbons (Fsp3) is 0.231. The minimum atomic E-state index is -4.85. The third kappa shape index (κ3) is 4.51. The van der Waals surface area contributed by atoms with Crippen LogP contribution in [0.3, 0.4) is 0 Å². The van der Waals surface area contributed by atoms with Crippen molar-refractivity contribution in [2.45, 2.75) is 13.1 Å². The quantitative estimate of drug-likeness (QED) is 0.338. The van der Waals surface area contributed by atoms with Crippen LogP contribution in [-0.4, -0.2) is 25.0 Å². The molecule has 4 N–H and O–H groups in total. The molecule has 8 heteroatoms. The fourth-order valence-electron chi connectivity index (χ4n) is 1.44. The van der Waals surface area contributed by atoms with Gasteiger partial charge in [0, 0.05) is 17.6 Å². The van der Waals surface area contributed by atoms with Gasteiger partial charge in [0.25, 0.3) is 0 Å². The van der Waals surface area contributed by atoms with Gasteiger partial charge in [0.1, 0.15) is 11.3 Å². The highest BCUT2D eigenvalue weighted by Gasteiger charge is 2.38. The van der Waals surface area contributed by atoms with E-state index in [2.05, 4.69) is 10.1 Å². The molecule has 0 saturated carbocycles. The highest BCUT2D eigenvalue weighted by Crippen LogP contribution is 2.29. The third-order valence-electron chi connectivity index (χ3n) is 2.37. The molecule has 0 radical (unpaired) electrons. The Kier molecular flexibility index (Phi) is 5.34. The van der Waals surface area contributed by atoms with Crippen molar-refractivity contribution in [3.8, 4) is 0 Å². The molecular formula is C13H14F3N3O2. The third-order valence-corrected chi connectivity index (χ3v) is 2.37. The number of esters is 1. The van der Waals surface area contributed by atoms with Crippen molar-refractivity contribution in [2.24, 2.45) is 0 Å². The number of rotatable bonds is 5. The van der Waals surface area contributed by atoms with E-state index in [4.69, 9.17) is 11.1 Å². The van der Waals surface area contributed by atoms with E-state index in [-0.39, 0.29) is 12.3 Å². The SMILES string of the molecule is CCOC(=O)/C(C=N)=C(/Nc1ccc(N)cc1)C(F)(F)F. The lowest BCUT2D eigenvalue weighted by atomic mass is 10.2. The zero-order valence-electron chi connectivity index (χ0n) is 11.1. The number of nitrogen functional groups attached to an aromatic ring is 1. The van der Waals surface area contributed by atoms with Gasteiger partial charge in [0.05, 0.1) is 6.61 Å². The number of anilines is 2. The Morgan fingerprint density at radius 1 is 1.38 bits per heavy atom. The maximum Gasteiger partial charge on any atom is 0.432 e. The van der Waals surface area contributed by atoms with E-state index in [9.17, 15) is 18.0 Å². The molecule has 114 valence electrons. The second-order valence-corrected chi connectivity index (χ2v) is 3.90. The van der Waals surface area contributed by atoms with E-state index in [0.29, 0.717) is 11.9 Å². The van der Waals surface area contributed by atoms with Crippen molar-refractivity contribution >= 4 is 23.6 Å². The summed E-state index contributed by atoms with van der Waals surface area (Å²) < 4.78 is 43.7. The van der Waals surface area contributed by atoms with Crippen LogP contribution in [-0.2, 0) is 9.53 Å². The molecule has 5 nitrogen and oxygen atoms in total. The van der Waals surface area contributed by atoms with Crippen LogP contribution in [0.2, 0.25) is 0 Å². The zero-order chi connectivity index (χ0) is 16.0. The van der Waals surface area contributed by atoms with Gasteiger partial charge in [0.2, 0.25) is 0 Å². The van der Waals surface area contributed by atoms with Crippen LogP contribution in [0.5, 0.6) is 0 Å². The number of nitrogens with two attached hydrogens (primary N) is 1. The zero-order valence-corrected chi connectivity index (χ0v) is 11.1. The van der Waals surface area contributed by atoms with Gasteiger partial charge in [-0.1, -0.05) is 0 Å². The molecule has 0 aromatic heterocycles. The molecular weight excluding hydrogens is 287 g/mol. The number of allylic oxidation sites excluding steroid dienone is 1. The van der Waals surface area contributed by atoms with Crippen molar-refractivity contribution in [1.29, 1.82) is 5.41 Å². The Morgan fingerprint density at radius 3 is 2.38 bits per heavy atom. The monoisotopic (exact) mass is 301 g/mol. The number of carbonyl (C=O) groups excluding carboxylic acids is 1. The van der Waals surface area contributed by atoms with Gasteiger partial charge in [-0.2, -0.15) is 13.2 Å². The molecule has 1 aromatic carbocycles. The minimum Gasteiger partial charge on any atom is -0.462 e. The number of carbonyl (C=O) groups is 1. The second-order valence-electron chi connectivity index (χ2n) is 3.90. The van der Waals surface area contributed by atoms with E-state index in [1.54, 1.807) is 0 Å². The van der Waals surface area contributed by atoms with Crippen LogP contribution in [0, 0.1) is 5.41 Å². The first kappa shape index (κ1) is 16.5. The highest BCUT2D eigenvalue weighted by atomic mass is 19.4. The summed E-state index contributed by atoms with van der Waals surface area (Å²) in [4.78, 5) is 11.5. The smallest absolute Gasteiger partial charge is 0.432 e. The second kappa shape index (κ2) is 6.78. The molecule has 0 aliphatic heterocycles. The molecule has 1 rings (SSSR count). The summed E-state index contributed by atoms with van der Waals surface area (Å²) >= 11 is 0. The summed E-state index contributed by atoms with van der Waals surface area (Å²) in [5.74, 6) is -1.22. The van der Waals surface area contributed by atoms with Gasteiger partial charge in [-0.25, -0.2) is 4.79 Å². The van der Waals surface area contributed by atoms with Crippen molar-refractivity contribution in [3.05, 3.63) is 35.5 Å². The Labute approximate surface area is 119 Å². The van der Waals surface area contributed by atoms with Crippen LogP contribution in [0.25, 0.3) is 0 Å². The number of alkyl halides is 3. The lowest BCUT2D eigenvalue weighted by molar-refractivity contribution is -0.139. The van der Waals surface area contributed by atoms with E-state index < -0.39 is 23.4 Å². The number of halogens is 3. The lowest BCUT2D eigenvalue weighted by Crippen LogP contribution is -2.25. The van der Waals surface area contributed by atoms with Crippen LogP contribution < -0.4 is 11.1 Å². The molecule has 0 saturated heterocycles. The minimum absolute atomic E-state index is 0.0835. The van der Waals surface area contributed by atoms with Crippen LogP contribution >= 0.6 is 0 Å². The van der Waals surface area contributed by atoms with Crippen LogP contribution in [0.4, 0.5) is 24.5 Å². The van der Waals surface area contributed by atoms with Gasteiger partial charge in [-0.3, -0.25) is 0 Å². The summed E-state index contributed by atoms with van der Waals surface area (Å²) in [6.45, 7) is 1.36. The first-order valence-electron chi connectivity index (χ1n) is 5.91. The van der Waals surface area contributed by atoms with Gasteiger partial charge in [-0.05, 0) is 31.2 Å². The molecule has 0 spiro atoms. The van der Waals surface area contributed by atoms with Gasteiger partial charge in [-0.15, -0.1) is 0 Å². The van der Waals surface area contributed by atoms with E-state index in [1.807, 2.05) is 0 Å². The molecule has 0 fully saturated rings. The van der Waals surface area contributed by atoms with Gasteiger partial charge >= 0.3 is 12.1 Å². The molecule has 0 heterocycles. The molecule has 1 aromatic rings. The predicted molar refractivity (Wildman–Crippen MR) is 73.0 cm³/mol. The van der Waals surface area contributed by atoms with E-state index >= 15 is 0 Å². The molecule has 0 amide bonds. The fourth-order valence-corrected chi connectivity index (χ4v) is 1.44. The summed E-state index contributed by atoms with van der Waals surface area (Å²) in [5.41, 5.74) is 3.65. The van der Waals surface area contributed by atoms with Crippen molar-refractivity contribution in [3.63, 3.8) is 0 Å². The topological polar surface area (TPSA) is 88.2 Å². The first-order chi connectivity index (χ1) is 9.79. The summed E-state index contributed by atoms with van der Waals surface area (Å²) in [6, 6.07) is 5.47. The van der Waals surface area contributed by atoms with Crippen molar-refractivity contribution in [1.82, 2.24) is 0 Å². The maximum absolute atomic E-state index is 13.1. The highest BCUT2D eigenvalue weighted by molar-refractivity contribution is 6.09. The molecule has 0 aliphatic carbocycles. The molecule has 0 atom stereocenters. The standard InChI is InChI=1S/C13H14F3N3O2/c1-2-21-12(20)10(7-17)11(13(14,15)16)19-9-5-3-8(18)4-6-9/h3-7,17,19H,2,18H2,1H3/b11-10+,17-7?. The van der Waals surface area contributed by atoms with Crippen LogP contribution in [0.1, 0.15) is 6.92 Å². The predicted octanol–water partition coefficient (Wildman–Crippen LogP) is 2.71. The van der Waals surface area contributed by atoms with Crippen molar-refractivity contribution < 1.29 is 22.7 Å². The molecule has 0 unspecified atom stereocenters. The van der Waals surface area contributed by atoms with E-state index in [1.165, 1.54) is 31.2 Å². The Morgan fingerprint density at radius 2 is 1.95 bits per heavy atom. The van der Waals surface area contributed by atoms with Crippen LogP contribution in [0.15, 0.2) is 35.5 Å². The molecule has 0 aliphatic rings. The van der Waals surface area contributed by atoms with Crippen molar-refractivity contribution in [2.75, 3.05) is 17.7 Å². The number of hydrogen-bond acceptors (Lipinski definition) is 5. The molecule has 21 heavy (non-hydrogen) atoms. The lowest BCUT2D eigenvalue weighted by Gasteiger charge is -2.17. The number of benzene rings is 1. The Balaban J connectivity index is 3.24. The van der Waals surface area contributed by atoms with Gasteiger partial charge < -0.3 is 21.2 Å². The summed E-state index contributed by atoms with van der Waals surface area (Å²) in [5, 5.41) is 9.12. The molecule has 0 bridgehead atoms.